The molecule has 0 heterocycles. The van der Waals surface area contributed by atoms with Gasteiger partial charge in [0.1, 0.15) is 0 Å². The van der Waals surface area contributed by atoms with E-state index < -0.39 is 0 Å². The predicted molar refractivity (Wildman–Crippen MR) is 55.8 cm³/mol. The molecule has 0 rings (SSSR count). The molecular weight excluding hydrogens is 284 g/mol. The Hall–Kier alpha value is 0.665. The molecule has 0 aromatic carbocycles. The van der Waals surface area contributed by atoms with Crippen molar-refractivity contribution in [2.75, 3.05) is 19.7 Å². The van der Waals surface area contributed by atoms with Gasteiger partial charge in [-0.15, -0.1) is 6.54 Å². The average molecular weight is 302 g/mol. The van der Waals surface area contributed by atoms with Crippen molar-refractivity contribution in [1.82, 2.24) is 10.8 Å². The molecule has 3 N–H and O–H groups in total. The Bertz CT molecular complexity index is 202. The number of unbranched alkanes of at least 4 members (excludes halogenated alkanes) is 1. The van der Waals surface area contributed by atoms with Crippen molar-refractivity contribution in [3.63, 3.8) is 0 Å². The van der Waals surface area contributed by atoms with Gasteiger partial charge >= 0.3 is 58.2 Å². The van der Waals surface area contributed by atoms with E-state index in [4.69, 9.17) is 5.73 Å². The van der Waals surface area contributed by atoms with Crippen molar-refractivity contribution >= 4 is 11.8 Å². The molecule has 0 unspecified atom stereocenters. The zero-order valence-electron chi connectivity index (χ0n) is 9.97. The van der Waals surface area contributed by atoms with E-state index in [0.717, 1.165) is 12.8 Å². The van der Waals surface area contributed by atoms with Gasteiger partial charge in [-0.1, -0.05) is 13.3 Å². The number of carbonyl (C=O) groups excluding carboxylic acids is 2. The van der Waals surface area contributed by atoms with Gasteiger partial charge in [0.2, 0.25) is 11.8 Å². The van der Waals surface area contributed by atoms with Crippen molar-refractivity contribution in [3.05, 3.63) is 5.73 Å². The standard InChI is InChI=1S/C9H18N3O3.Rb/c1-2-3-6-11-9(14)7-15-12-8(13)4-5-10;/h10H,2-7H2,1H3,(H,11,14)(H,12,13);/q-1;+1. The Morgan fingerprint density at radius 1 is 1.31 bits per heavy atom. The first-order chi connectivity index (χ1) is 7.20. The molecule has 0 saturated heterocycles. The number of hydrogen-bond donors (Lipinski definition) is 2. The summed E-state index contributed by atoms with van der Waals surface area (Å²) in [6, 6.07) is 0. The van der Waals surface area contributed by atoms with E-state index in [9.17, 15) is 9.59 Å². The van der Waals surface area contributed by atoms with Gasteiger partial charge in [0, 0.05) is 13.0 Å². The van der Waals surface area contributed by atoms with Crippen LogP contribution >= 0.6 is 0 Å². The normalized spacial score (nSPS) is 9.12. The van der Waals surface area contributed by atoms with Gasteiger partial charge in [0.25, 0.3) is 0 Å². The Morgan fingerprint density at radius 2 is 2.00 bits per heavy atom. The summed E-state index contributed by atoms with van der Waals surface area (Å²) in [7, 11) is 0. The molecule has 0 radical (unpaired) electrons. The van der Waals surface area contributed by atoms with Crippen molar-refractivity contribution in [2.45, 2.75) is 26.2 Å². The predicted octanol–water partition coefficient (Wildman–Crippen LogP) is -2.60. The quantitative estimate of drug-likeness (QED) is 0.380. The molecule has 0 spiro atoms. The minimum atomic E-state index is -0.383. The Morgan fingerprint density at radius 3 is 2.56 bits per heavy atom. The summed E-state index contributed by atoms with van der Waals surface area (Å²) in [6.07, 6.45) is 2.02. The van der Waals surface area contributed by atoms with Crippen molar-refractivity contribution < 1.29 is 72.6 Å². The molecule has 0 aliphatic heterocycles. The summed E-state index contributed by atoms with van der Waals surface area (Å²) < 4.78 is 0. The Labute approximate surface area is 145 Å². The second kappa shape index (κ2) is 13.7. The molecule has 0 saturated carbocycles. The second-order valence-electron chi connectivity index (χ2n) is 3.02. The number of rotatable bonds is 8. The van der Waals surface area contributed by atoms with Crippen LogP contribution in [0.1, 0.15) is 26.2 Å². The third kappa shape index (κ3) is 12.7. The van der Waals surface area contributed by atoms with Crippen LogP contribution in [0.3, 0.4) is 0 Å². The van der Waals surface area contributed by atoms with Gasteiger partial charge in [-0.3, -0.25) is 14.4 Å². The summed E-state index contributed by atoms with van der Waals surface area (Å²) in [4.78, 5) is 26.5. The SMILES string of the molecule is CCCCNC(=O)CONC(=O)CC[NH-].[Rb+]. The van der Waals surface area contributed by atoms with E-state index in [1.165, 1.54) is 0 Å². The summed E-state index contributed by atoms with van der Waals surface area (Å²) in [6.45, 7) is 2.48. The number of amides is 2. The third-order valence-electron chi connectivity index (χ3n) is 1.59. The number of nitrogens with one attached hydrogen (secondary N) is 3. The van der Waals surface area contributed by atoms with Crippen molar-refractivity contribution in [3.8, 4) is 0 Å². The largest absolute Gasteiger partial charge is 1.00 e. The number of hydroxylamine groups is 1. The fourth-order valence-electron chi connectivity index (χ4n) is 0.802. The molecule has 0 aromatic heterocycles. The smallest absolute Gasteiger partial charge is 0.677 e. The van der Waals surface area contributed by atoms with Gasteiger partial charge in [-0.05, 0) is 6.42 Å². The fourth-order valence-corrected chi connectivity index (χ4v) is 0.802. The molecule has 2 amide bonds. The molecule has 7 heteroatoms. The van der Waals surface area contributed by atoms with Crippen molar-refractivity contribution in [2.24, 2.45) is 0 Å². The van der Waals surface area contributed by atoms with Crippen LogP contribution in [0.25, 0.3) is 5.73 Å². The van der Waals surface area contributed by atoms with Gasteiger partial charge in [0.05, 0.1) is 0 Å². The van der Waals surface area contributed by atoms with Crippen LogP contribution in [0.4, 0.5) is 0 Å². The Kier molecular flexibility index (Phi) is 16.3. The first-order valence-electron chi connectivity index (χ1n) is 5.02. The summed E-state index contributed by atoms with van der Waals surface area (Å²) in [5, 5.41) is 2.64. The van der Waals surface area contributed by atoms with Crippen LogP contribution in [-0.2, 0) is 14.4 Å². The first kappa shape index (κ1) is 19.0. The third-order valence-corrected chi connectivity index (χ3v) is 1.59. The summed E-state index contributed by atoms with van der Waals surface area (Å²) in [5.74, 6) is -0.638. The molecular formula is C9H18N3O3Rb. The van der Waals surface area contributed by atoms with Crippen molar-refractivity contribution in [1.29, 1.82) is 0 Å². The average Bonchev–Trinajstić information content (AvgIpc) is 2.18. The minimum absolute atomic E-state index is 0. The zero-order valence-corrected chi connectivity index (χ0v) is 14.9. The monoisotopic (exact) mass is 301 g/mol. The van der Waals surface area contributed by atoms with Crippen LogP contribution in [0.15, 0.2) is 0 Å². The molecule has 0 aliphatic rings. The van der Waals surface area contributed by atoms with E-state index in [-0.39, 0.29) is 89.6 Å². The van der Waals surface area contributed by atoms with Gasteiger partial charge in [-0.25, -0.2) is 5.48 Å². The molecule has 6 nitrogen and oxygen atoms in total. The molecule has 0 aliphatic carbocycles. The first-order valence-corrected chi connectivity index (χ1v) is 5.02. The maximum Gasteiger partial charge on any atom is 1.00 e. The summed E-state index contributed by atoms with van der Waals surface area (Å²) in [5.41, 5.74) is 8.85. The van der Waals surface area contributed by atoms with Crippen LogP contribution in [0.2, 0.25) is 0 Å². The molecule has 88 valence electrons. The molecule has 0 aromatic rings. The topological polar surface area (TPSA) is 91.2 Å². The summed E-state index contributed by atoms with van der Waals surface area (Å²) >= 11 is 0. The van der Waals surface area contributed by atoms with E-state index in [0.29, 0.717) is 6.54 Å². The number of carbonyl (C=O) groups is 2. The van der Waals surface area contributed by atoms with E-state index >= 15 is 0 Å². The van der Waals surface area contributed by atoms with Gasteiger partial charge in [0.15, 0.2) is 6.61 Å². The van der Waals surface area contributed by atoms with E-state index in [2.05, 4.69) is 15.6 Å². The fraction of sp³-hybridized carbons (Fsp3) is 0.778. The second-order valence-corrected chi connectivity index (χ2v) is 3.02. The van der Waals surface area contributed by atoms with Crippen LogP contribution in [0.5, 0.6) is 0 Å². The Balaban J connectivity index is 0. The molecule has 0 atom stereocenters. The van der Waals surface area contributed by atoms with E-state index in [1.807, 2.05) is 6.92 Å². The molecule has 0 bridgehead atoms. The zero-order chi connectivity index (χ0) is 11.5. The number of hydrogen-bond acceptors (Lipinski definition) is 3. The van der Waals surface area contributed by atoms with Gasteiger partial charge < -0.3 is 11.1 Å². The van der Waals surface area contributed by atoms with Gasteiger partial charge in [-0.2, -0.15) is 0 Å². The maximum atomic E-state index is 11.0. The van der Waals surface area contributed by atoms with E-state index in [1.54, 1.807) is 0 Å². The molecule has 0 fully saturated rings. The van der Waals surface area contributed by atoms with Crippen LogP contribution in [0, 0.1) is 0 Å². The maximum absolute atomic E-state index is 11.0. The minimum Gasteiger partial charge on any atom is -0.677 e. The van der Waals surface area contributed by atoms with Crippen LogP contribution < -0.4 is 69.0 Å². The molecule has 16 heavy (non-hydrogen) atoms. The van der Waals surface area contributed by atoms with Crippen LogP contribution in [-0.4, -0.2) is 31.5 Å².